The first kappa shape index (κ1) is 23.4. The molecule has 0 aliphatic carbocycles. The number of rotatable bonds is 8. The molecule has 1 aromatic heterocycles. The number of carbonyl (C=O) groups excluding carboxylic acids is 2. The summed E-state index contributed by atoms with van der Waals surface area (Å²) >= 11 is 1.32. The number of hydrogen-bond donors (Lipinski definition) is 2. The van der Waals surface area contributed by atoms with Gasteiger partial charge < -0.3 is 10.6 Å². The van der Waals surface area contributed by atoms with E-state index in [2.05, 4.69) is 15.6 Å². The number of benzene rings is 1. The van der Waals surface area contributed by atoms with Crippen LogP contribution in [0.2, 0.25) is 0 Å². The average molecular weight is 465 g/mol. The summed E-state index contributed by atoms with van der Waals surface area (Å²) in [6.07, 6.45) is 3.16. The lowest BCUT2D eigenvalue weighted by molar-refractivity contribution is -0.131. The molecule has 168 valence electrons. The second-order valence-electron chi connectivity index (χ2n) is 7.69. The highest BCUT2D eigenvalue weighted by Gasteiger charge is 2.34. The Bertz CT molecular complexity index is 972. The molecule has 1 aliphatic heterocycles. The van der Waals surface area contributed by atoms with Gasteiger partial charge in [0, 0.05) is 30.6 Å². The van der Waals surface area contributed by atoms with E-state index in [1.165, 1.54) is 15.6 Å². The van der Waals surface area contributed by atoms with E-state index in [4.69, 9.17) is 0 Å². The fourth-order valence-corrected chi connectivity index (χ4v) is 5.56. The number of amides is 2. The van der Waals surface area contributed by atoms with E-state index < -0.39 is 16.1 Å². The molecule has 0 radical (unpaired) electrons. The molecule has 0 spiro atoms. The van der Waals surface area contributed by atoms with Crippen LogP contribution in [0.4, 0.5) is 5.13 Å². The third kappa shape index (κ3) is 5.69. The Morgan fingerprint density at radius 2 is 1.90 bits per heavy atom. The van der Waals surface area contributed by atoms with Crippen LogP contribution < -0.4 is 10.6 Å². The van der Waals surface area contributed by atoms with Crippen molar-refractivity contribution in [2.24, 2.45) is 11.8 Å². The van der Waals surface area contributed by atoms with Crippen LogP contribution in [-0.2, 0) is 19.6 Å². The van der Waals surface area contributed by atoms with E-state index in [0.29, 0.717) is 18.0 Å². The number of hydrogen-bond acceptors (Lipinski definition) is 6. The van der Waals surface area contributed by atoms with Crippen LogP contribution in [0.25, 0.3) is 0 Å². The molecule has 3 rings (SSSR count). The smallest absolute Gasteiger partial charge is 0.249 e. The van der Waals surface area contributed by atoms with Crippen LogP contribution in [-0.4, -0.2) is 48.7 Å². The molecule has 1 saturated heterocycles. The maximum Gasteiger partial charge on any atom is 0.249 e. The van der Waals surface area contributed by atoms with Gasteiger partial charge >= 0.3 is 0 Å². The normalized spacial score (nSPS) is 17.6. The van der Waals surface area contributed by atoms with Crippen molar-refractivity contribution in [2.75, 3.05) is 18.4 Å². The van der Waals surface area contributed by atoms with Crippen molar-refractivity contribution in [3.8, 4) is 0 Å². The highest BCUT2D eigenvalue weighted by atomic mass is 32.2. The van der Waals surface area contributed by atoms with E-state index in [1.54, 1.807) is 41.9 Å². The summed E-state index contributed by atoms with van der Waals surface area (Å²) in [4.78, 5) is 29.9. The van der Waals surface area contributed by atoms with Crippen molar-refractivity contribution in [3.63, 3.8) is 0 Å². The Balaban J connectivity index is 1.60. The molecule has 10 heteroatoms. The van der Waals surface area contributed by atoms with E-state index in [9.17, 15) is 18.0 Å². The predicted octanol–water partition coefficient (Wildman–Crippen LogP) is 2.71. The van der Waals surface area contributed by atoms with E-state index >= 15 is 0 Å². The number of piperidine rings is 1. The Morgan fingerprint density at radius 3 is 2.48 bits per heavy atom. The Hall–Kier alpha value is -2.30. The van der Waals surface area contributed by atoms with E-state index in [0.717, 1.165) is 6.42 Å². The fourth-order valence-electron chi connectivity index (χ4n) is 3.54. The number of anilines is 1. The molecule has 1 aromatic carbocycles. The van der Waals surface area contributed by atoms with Crippen molar-refractivity contribution < 1.29 is 18.0 Å². The highest BCUT2D eigenvalue weighted by Crippen LogP contribution is 2.24. The predicted molar refractivity (Wildman–Crippen MR) is 120 cm³/mol. The molecule has 31 heavy (non-hydrogen) atoms. The van der Waals surface area contributed by atoms with Gasteiger partial charge in [-0.1, -0.05) is 38.5 Å². The van der Waals surface area contributed by atoms with Crippen molar-refractivity contribution in [1.82, 2.24) is 14.6 Å². The van der Waals surface area contributed by atoms with Gasteiger partial charge in [0.05, 0.1) is 4.90 Å². The second kappa shape index (κ2) is 10.3. The van der Waals surface area contributed by atoms with Gasteiger partial charge in [-0.25, -0.2) is 13.4 Å². The molecular formula is C21H28N4O4S2. The van der Waals surface area contributed by atoms with E-state index in [1.807, 2.05) is 13.8 Å². The summed E-state index contributed by atoms with van der Waals surface area (Å²) in [6, 6.07) is 7.64. The minimum absolute atomic E-state index is 0.0533. The molecule has 2 atom stereocenters. The lowest BCUT2D eigenvalue weighted by Gasteiger charge is -2.32. The minimum atomic E-state index is -3.56. The number of nitrogens with zero attached hydrogens (tertiary/aromatic N) is 2. The molecule has 1 fully saturated rings. The van der Waals surface area contributed by atoms with Crippen molar-refractivity contribution in [1.29, 1.82) is 0 Å². The Labute approximate surface area is 187 Å². The first-order chi connectivity index (χ1) is 14.8. The molecule has 1 aliphatic rings. The minimum Gasteiger partial charge on any atom is -0.344 e. The van der Waals surface area contributed by atoms with Crippen LogP contribution in [0.3, 0.4) is 0 Å². The molecule has 0 unspecified atom stereocenters. The summed E-state index contributed by atoms with van der Waals surface area (Å²) in [5.41, 5.74) is 0. The van der Waals surface area contributed by atoms with Crippen LogP contribution in [0, 0.1) is 11.8 Å². The maximum atomic E-state index is 12.9. The Morgan fingerprint density at radius 1 is 1.23 bits per heavy atom. The van der Waals surface area contributed by atoms with Crippen LogP contribution in [0.1, 0.15) is 33.1 Å². The number of nitrogens with one attached hydrogen (secondary N) is 2. The van der Waals surface area contributed by atoms with Gasteiger partial charge in [-0.05, 0) is 30.9 Å². The molecule has 2 aromatic rings. The fraction of sp³-hybridized carbons (Fsp3) is 0.476. The lowest BCUT2D eigenvalue weighted by atomic mass is 9.94. The van der Waals surface area contributed by atoms with Crippen molar-refractivity contribution in [2.45, 2.75) is 44.0 Å². The third-order valence-corrected chi connectivity index (χ3v) is 8.26. The number of thiazole rings is 1. The maximum absolute atomic E-state index is 12.9. The first-order valence-corrected chi connectivity index (χ1v) is 12.7. The molecular weight excluding hydrogens is 436 g/mol. The van der Waals surface area contributed by atoms with Gasteiger partial charge in [0.15, 0.2) is 5.13 Å². The standard InChI is InChI=1S/C21H28N4O4S2/c1-3-15(2)18(20(27)24-21-22-11-14-30-21)23-19(26)16-9-12-25(13-10-16)31(28,29)17-7-5-4-6-8-17/h4-8,11,14-16,18H,3,9-10,12-13H2,1-2H3,(H,23,26)(H,22,24,27)/t15-,18+/m1/s1. The number of sulfonamides is 1. The Kier molecular flexibility index (Phi) is 7.79. The van der Waals surface area contributed by atoms with Gasteiger partial charge in [-0.2, -0.15) is 4.31 Å². The van der Waals surface area contributed by atoms with Gasteiger partial charge in [0.1, 0.15) is 6.04 Å². The van der Waals surface area contributed by atoms with Gasteiger partial charge in [-0.3, -0.25) is 9.59 Å². The SMILES string of the molecule is CC[C@@H](C)[C@H](NC(=O)C1CCN(S(=O)(=O)c2ccccc2)CC1)C(=O)Nc1nccs1. The molecule has 0 saturated carbocycles. The second-order valence-corrected chi connectivity index (χ2v) is 10.5. The number of aromatic nitrogens is 1. The molecule has 2 N–H and O–H groups in total. The lowest BCUT2D eigenvalue weighted by Crippen LogP contribution is -2.51. The molecule has 2 heterocycles. The van der Waals surface area contributed by atoms with E-state index in [-0.39, 0.29) is 41.6 Å². The van der Waals surface area contributed by atoms with Crippen molar-refractivity contribution in [3.05, 3.63) is 41.9 Å². The third-order valence-electron chi connectivity index (χ3n) is 5.66. The summed E-state index contributed by atoms with van der Waals surface area (Å²) in [6.45, 7) is 4.43. The largest absolute Gasteiger partial charge is 0.344 e. The monoisotopic (exact) mass is 464 g/mol. The number of carbonyl (C=O) groups is 2. The summed E-state index contributed by atoms with van der Waals surface area (Å²) in [5, 5.41) is 7.91. The topological polar surface area (TPSA) is 108 Å². The zero-order valence-corrected chi connectivity index (χ0v) is 19.3. The summed E-state index contributed by atoms with van der Waals surface area (Å²) < 4.78 is 27.0. The molecule has 8 nitrogen and oxygen atoms in total. The summed E-state index contributed by atoms with van der Waals surface area (Å²) in [7, 11) is -3.56. The summed E-state index contributed by atoms with van der Waals surface area (Å²) in [5.74, 6) is -0.887. The zero-order valence-electron chi connectivity index (χ0n) is 17.7. The highest BCUT2D eigenvalue weighted by molar-refractivity contribution is 7.89. The quantitative estimate of drug-likeness (QED) is 0.624. The molecule has 0 bridgehead atoms. The average Bonchev–Trinajstić information content (AvgIpc) is 3.30. The van der Waals surface area contributed by atoms with Gasteiger partial charge in [0.2, 0.25) is 21.8 Å². The van der Waals surface area contributed by atoms with Crippen LogP contribution in [0.15, 0.2) is 46.8 Å². The van der Waals surface area contributed by atoms with Gasteiger partial charge in [0.25, 0.3) is 0 Å². The van der Waals surface area contributed by atoms with Crippen LogP contribution >= 0.6 is 11.3 Å². The first-order valence-electron chi connectivity index (χ1n) is 10.4. The van der Waals surface area contributed by atoms with Crippen molar-refractivity contribution >= 4 is 38.3 Å². The zero-order chi connectivity index (χ0) is 22.4. The van der Waals surface area contributed by atoms with Crippen LogP contribution in [0.5, 0.6) is 0 Å². The molecule has 2 amide bonds. The van der Waals surface area contributed by atoms with Gasteiger partial charge in [-0.15, -0.1) is 11.3 Å².